The third kappa shape index (κ3) is 2.71. The molecule has 1 aromatic carbocycles. The van der Waals surface area contributed by atoms with Gasteiger partial charge in [0.15, 0.2) is 4.73 Å². The molecule has 4 nitrogen and oxygen atoms in total. The Morgan fingerprint density at radius 2 is 2.06 bits per heavy atom. The number of imidazole rings is 1. The average molecular weight is 299 g/mol. The largest absolute Gasteiger partial charge is 0.481 e. The van der Waals surface area contributed by atoms with Crippen LogP contribution in [0.2, 0.25) is 0 Å². The zero-order chi connectivity index (χ0) is 12.4. The number of aromatic nitrogens is 2. The second kappa shape index (κ2) is 4.67. The predicted octanol–water partition coefficient (Wildman–Crippen LogP) is 2.61. The lowest BCUT2D eigenvalue weighted by molar-refractivity contribution is -0.136. The number of carbonyl (C=O) groups is 1. The number of aliphatic carboxylic acids is 1. The molecule has 2 aromatic rings. The maximum Gasteiger partial charge on any atom is 0.309 e. The highest BCUT2D eigenvalue weighted by Crippen LogP contribution is 2.24. The zero-order valence-corrected chi connectivity index (χ0v) is 10.2. The van der Waals surface area contributed by atoms with E-state index in [4.69, 9.17) is 5.11 Å². The topological polar surface area (TPSA) is 66.0 Å². The molecule has 1 aromatic heterocycles. The van der Waals surface area contributed by atoms with E-state index in [1.807, 2.05) is 0 Å². The van der Waals surface area contributed by atoms with Crippen LogP contribution in [-0.4, -0.2) is 21.0 Å². The minimum atomic E-state index is -0.954. The van der Waals surface area contributed by atoms with Crippen LogP contribution >= 0.6 is 15.9 Å². The molecule has 0 saturated carbocycles. The highest BCUT2D eigenvalue weighted by Gasteiger charge is 2.13. The van der Waals surface area contributed by atoms with Gasteiger partial charge in [0, 0.05) is 5.56 Å². The van der Waals surface area contributed by atoms with Gasteiger partial charge in [0.1, 0.15) is 5.82 Å². The lowest BCUT2D eigenvalue weighted by atomic mass is 10.1. The van der Waals surface area contributed by atoms with Crippen LogP contribution in [0.1, 0.15) is 5.69 Å². The normalized spacial score (nSPS) is 10.5. The first-order chi connectivity index (χ1) is 8.06. The van der Waals surface area contributed by atoms with Crippen LogP contribution in [0.3, 0.4) is 0 Å². The fourth-order valence-electron chi connectivity index (χ4n) is 1.50. The standard InChI is InChI=1S/C11H8BrFN2O2/c12-11-14-8(5-9(16)17)10(15-11)6-1-3-7(13)4-2-6/h1-4H,5H2,(H,14,15)(H,16,17). The Labute approximate surface area is 105 Å². The van der Waals surface area contributed by atoms with E-state index in [9.17, 15) is 9.18 Å². The Morgan fingerprint density at radius 3 is 2.65 bits per heavy atom. The number of rotatable bonds is 3. The van der Waals surface area contributed by atoms with Gasteiger partial charge >= 0.3 is 5.97 Å². The summed E-state index contributed by atoms with van der Waals surface area (Å²) in [5.74, 6) is -1.30. The third-order valence-corrected chi connectivity index (χ3v) is 2.57. The molecule has 6 heteroatoms. The molecular weight excluding hydrogens is 291 g/mol. The minimum absolute atomic E-state index is 0.161. The summed E-state index contributed by atoms with van der Waals surface area (Å²) in [4.78, 5) is 17.7. The first-order valence-electron chi connectivity index (χ1n) is 4.78. The Kier molecular flexibility index (Phi) is 3.23. The number of carboxylic acids is 1. The number of nitrogens with one attached hydrogen (secondary N) is 1. The summed E-state index contributed by atoms with van der Waals surface area (Å²) >= 11 is 3.15. The fourth-order valence-corrected chi connectivity index (χ4v) is 1.92. The number of hydrogen-bond acceptors (Lipinski definition) is 2. The monoisotopic (exact) mass is 298 g/mol. The van der Waals surface area contributed by atoms with Crippen molar-refractivity contribution < 1.29 is 14.3 Å². The van der Waals surface area contributed by atoms with Crippen molar-refractivity contribution >= 4 is 21.9 Å². The summed E-state index contributed by atoms with van der Waals surface area (Å²) in [6.45, 7) is 0. The number of H-pyrrole nitrogens is 1. The minimum Gasteiger partial charge on any atom is -0.481 e. The van der Waals surface area contributed by atoms with Gasteiger partial charge in [-0.3, -0.25) is 4.79 Å². The van der Waals surface area contributed by atoms with Crippen molar-refractivity contribution in [3.63, 3.8) is 0 Å². The van der Waals surface area contributed by atoms with Crippen LogP contribution in [0.4, 0.5) is 4.39 Å². The molecule has 0 aliphatic rings. The molecule has 1 heterocycles. The highest BCUT2D eigenvalue weighted by atomic mass is 79.9. The summed E-state index contributed by atoms with van der Waals surface area (Å²) in [6, 6.07) is 5.73. The van der Waals surface area contributed by atoms with E-state index in [1.165, 1.54) is 12.1 Å². The van der Waals surface area contributed by atoms with E-state index in [1.54, 1.807) is 12.1 Å². The number of carboxylic acid groups (broad SMARTS) is 1. The van der Waals surface area contributed by atoms with Crippen LogP contribution in [-0.2, 0) is 11.2 Å². The van der Waals surface area contributed by atoms with Gasteiger partial charge in [-0.1, -0.05) is 0 Å². The first-order valence-corrected chi connectivity index (χ1v) is 5.57. The summed E-state index contributed by atoms with van der Waals surface area (Å²) in [7, 11) is 0. The van der Waals surface area contributed by atoms with Gasteiger partial charge in [0.2, 0.25) is 0 Å². The average Bonchev–Trinajstić information content (AvgIpc) is 2.59. The molecule has 0 amide bonds. The Morgan fingerprint density at radius 1 is 1.41 bits per heavy atom. The molecule has 0 radical (unpaired) electrons. The van der Waals surface area contributed by atoms with E-state index in [2.05, 4.69) is 25.9 Å². The van der Waals surface area contributed by atoms with E-state index in [0.29, 0.717) is 21.7 Å². The molecule has 0 aliphatic carbocycles. The van der Waals surface area contributed by atoms with Crippen molar-refractivity contribution in [3.05, 3.63) is 40.5 Å². The number of benzene rings is 1. The van der Waals surface area contributed by atoms with Gasteiger partial charge in [0.05, 0.1) is 17.8 Å². The molecule has 0 atom stereocenters. The maximum absolute atomic E-state index is 12.8. The maximum atomic E-state index is 12.8. The van der Waals surface area contributed by atoms with Crippen LogP contribution in [0.15, 0.2) is 29.0 Å². The summed E-state index contributed by atoms with van der Waals surface area (Å²) in [6.07, 6.45) is -0.161. The van der Waals surface area contributed by atoms with E-state index < -0.39 is 5.97 Å². The number of halogens is 2. The van der Waals surface area contributed by atoms with Crippen molar-refractivity contribution in [3.8, 4) is 11.3 Å². The van der Waals surface area contributed by atoms with Crippen molar-refractivity contribution in [1.29, 1.82) is 0 Å². The molecular formula is C11H8BrFN2O2. The predicted molar refractivity (Wildman–Crippen MR) is 63.0 cm³/mol. The smallest absolute Gasteiger partial charge is 0.309 e. The van der Waals surface area contributed by atoms with E-state index >= 15 is 0 Å². The first kappa shape index (κ1) is 11.8. The van der Waals surface area contributed by atoms with Crippen LogP contribution in [0, 0.1) is 5.82 Å². The number of hydrogen-bond donors (Lipinski definition) is 2. The highest BCUT2D eigenvalue weighted by molar-refractivity contribution is 9.10. The Bertz CT molecular complexity index is 551. The zero-order valence-electron chi connectivity index (χ0n) is 8.58. The van der Waals surface area contributed by atoms with Crippen molar-refractivity contribution in [2.45, 2.75) is 6.42 Å². The molecule has 0 saturated heterocycles. The van der Waals surface area contributed by atoms with Crippen LogP contribution < -0.4 is 0 Å². The summed E-state index contributed by atoms with van der Waals surface area (Å²) < 4.78 is 13.2. The quantitative estimate of drug-likeness (QED) is 0.915. The fraction of sp³-hybridized carbons (Fsp3) is 0.0909. The summed E-state index contributed by atoms with van der Waals surface area (Å²) in [5.41, 5.74) is 1.67. The molecule has 2 rings (SSSR count). The lowest BCUT2D eigenvalue weighted by Crippen LogP contribution is -2.01. The number of nitrogens with zero attached hydrogens (tertiary/aromatic N) is 1. The van der Waals surface area contributed by atoms with Gasteiger partial charge in [0.25, 0.3) is 0 Å². The summed E-state index contributed by atoms with van der Waals surface area (Å²) in [5, 5.41) is 8.77. The molecule has 88 valence electrons. The second-order valence-electron chi connectivity index (χ2n) is 3.43. The van der Waals surface area contributed by atoms with Crippen molar-refractivity contribution in [2.24, 2.45) is 0 Å². The molecule has 2 N–H and O–H groups in total. The molecule has 0 fully saturated rings. The molecule has 0 unspecified atom stereocenters. The molecule has 0 bridgehead atoms. The van der Waals surface area contributed by atoms with E-state index in [0.717, 1.165) is 0 Å². The van der Waals surface area contributed by atoms with Gasteiger partial charge in [-0.25, -0.2) is 9.37 Å². The van der Waals surface area contributed by atoms with Crippen molar-refractivity contribution in [2.75, 3.05) is 0 Å². The number of aromatic amines is 1. The van der Waals surface area contributed by atoms with Crippen LogP contribution in [0.5, 0.6) is 0 Å². The molecule has 0 spiro atoms. The van der Waals surface area contributed by atoms with Gasteiger partial charge in [-0.05, 0) is 40.2 Å². The SMILES string of the molecule is O=C(O)Cc1[nH]c(Br)nc1-c1ccc(F)cc1. The third-order valence-electron chi connectivity index (χ3n) is 2.20. The van der Waals surface area contributed by atoms with Gasteiger partial charge in [-0.15, -0.1) is 0 Å². The van der Waals surface area contributed by atoms with Crippen LogP contribution in [0.25, 0.3) is 11.3 Å². The van der Waals surface area contributed by atoms with Gasteiger partial charge < -0.3 is 10.1 Å². The Balaban J connectivity index is 2.43. The molecule has 17 heavy (non-hydrogen) atoms. The lowest BCUT2D eigenvalue weighted by Gasteiger charge is -2.00. The second-order valence-corrected chi connectivity index (χ2v) is 4.18. The Hall–Kier alpha value is -1.69. The van der Waals surface area contributed by atoms with E-state index in [-0.39, 0.29) is 12.2 Å². The van der Waals surface area contributed by atoms with Crippen molar-refractivity contribution in [1.82, 2.24) is 9.97 Å². The van der Waals surface area contributed by atoms with Gasteiger partial charge in [-0.2, -0.15) is 0 Å². The molecule has 0 aliphatic heterocycles.